The Morgan fingerprint density at radius 1 is 0.478 bits per heavy atom. The van der Waals surface area contributed by atoms with Gasteiger partial charge in [-0.15, -0.1) is 0 Å². The van der Waals surface area contributed by atoms with Crippen LogP contribution in [-0.4, -0.2) is 5.91 Å². The van der Waals surface area contributed by atoms with Crippen molar-refractivity contribution in [1.29, 1.82) is 0 Å². The molecule has 0 heterocycles. The first-order valence-corrected chi connectivity index (χ1v) is 18.7. The normalized spacial score (nSPS) is 11.1. The zero-order chi connectivity index (χ0) is 32.5. The van der Waals surface area contributed by atoms with Crippen molar-refractivity contribution in [2.75, 3.05) is 16.8 Å². The van der Waals surface area contributed by atoms with Gasteiger partial charge in [0.1, 0.15) is 0 Å². The molecule has 0 unspecified atom stereocenters. The highest BCUT2D eigenvalue weighted by Gasteiger charge is 2.07. The van der Waals surface area contributed by atoms with Gasteiger partial charge in [-0.05, 0) is 72.4 Å². The fourth-order valence-electron chi connectivity index (χ4n) is 6.47. The third kappa shape index (κ3) is 16.9. The largest absolute Gasteiger partial charge is 0.399 e. The minimum Gasteiger partial charge on any atom is -0.399 e. The summed E-state index contributed by atoms with van der Waals surface area (Å²) in [7, 11) is 0. The summed E-state index contributed by atoms with van der Waals surface area (Å²) in [5.74, 6) is 0.140. The maximum Gasteiger partial charge on any atom is 0.224 e. The molecule has 0 aliphatic rings. The fourth-order valence-corrected chi connectivity index (χ4v) is 6.47. The number of amides is 1. The molecule has 46 heavy (non-hydrogen) atoms. The van der Waals surface area contributed by atoms with Gasteiger partial charge < -0.3 is 16.8 Å². The smallest absolute Gasteiger partial charge is 0.224 e. The number of hydrogen-bond acceptors (Lipinski definition) is 3. The summed E-state index contributed by atoms with van der Waals surface area (Å²) >= 11 is 0. The Balaban J connectivity index is 1.02. The van der Waals surface area contributed by atoms with E-state index >= 15 is 0 Å². The minimum absolute atomic E-state index is 0.140. The molecule has 4 nitrogen and oxygen atoms in total. The van der Waals surface area contributed by atoms with Gasteiger partial charge in [0, 0.05) is 23.5 Å². The molecule has 0 atom stereocenters. The summed E-state index contributed by atoms with van der Waals surface area (Å²) in [6.07, 6.45) is 30.0. The predicted octanol–water partition coefficient (Wildman–Crippen LogP) is 12.3. The summed E-state index contributed by atoms with van der Waals surface area (Å²) in [6.45, 7) is 0. The summed E-state index contributed by atoms with van der Waals surface area (Å²) in [6, 6.07) is 24.2. The average Bonchev–Trinajstić information content (AvgIpc) is 3.06. The summed E-state index contributed by atoms with van der Waals surface area (Å²) in [5, 5.41) is 2.97. The molecule has 252 valence electrons. The number of hydrogen-bond donors (Lipinski definition) is 3. The number of nitrogen functional groups attached to an aromatic ring is 2. The van der Waals surface area contributed by atoms with Crippen molar-refractivity contribution in [3.05, 3.63) is 78.4 Å². The van der Waals surface area contributed by atoms with E-state index < -0.39 is 0 Å². The number of nitrogens with one attached hydrogen (secondary N) is 1. The molecular formula is C42H63N3O. The highest BCUT2D eigenvalue weighted by atomic mass is 16.1. The van der Waals surface area contributed by atoms with Crippen LogP contribution in [0.5, 0.6) is 0 Å². The van der Waals surface area contributed by atoms with Crippen LogP contribution in [0.15, 0.2) is 72.8 Å². The highest BCUT2D eigenvalue weighted by Crippen LogP contribution is 2.28. The topological polar surface area (TPSA) is 81.1 Å². The van der Waals surface area contributed by atoms with Gasteiger partial charge in [0.05, 0.1) is 0 Å². The van der Waals surface area contributed by atoms with Crippen molar-refractivity contribution in [1.82, 2.24) is 0 Å². The quantitative estimate of drug-likeness (QED) is 0.0613. The molecule has 0 bridgehead atoms. The van der Waals surface area contributed by atoms with Crippen molar-refractivity contribution in [2.45, 2.75) is 148 Å². The van der Waals surface area contributed by atoms with E-state index in [9.17, 15) is 4.79 Å². The molecule has 3 aromatic carbocycles. The van der Waals surface area contributed by atoms with Gasteiger partial charge in [0.2, 0.25) is 5.91 Å². The van der Waals surface area contributed by atoms with Gasteiger partial charge in [-0.2, -0.15) is 0 Å². The Bertz CT molecular complexity index is 1190. The number of benzene rings is 3. The van der Waals surface area contributed by atoms with Crippen LogP contribution in [0.25, 0.3) is 11.1 Å². The van der Waals surface area contributed by atoms with Gasteiger partial charge in [0.25, 0.3) is 0 Å². The number of aryl methyl sites for hydroxylation is 1. The van der Waals surface area contributed by atoms with Crippen LogP contribution in [0.4, 0.5) is 17.1 Å². The number of para-hydroxylation sites is 1. The van der Waals surface area contributed by atoms with Crippen molar-refractivity contribution in [2.24, 2.45) is 0 Å². The molecule has 4 heteroatoms. The lowest BCUT2D eigenvalue weighted by atomic mass is 9.95. The van der Waals surface area contributed by atoms with E-state index in [0.29, 0.717) is 6.42 Å². The standard InChI is InChI=1S/C42H63N3O/c43-38-31-29-36(30-32-38)41-34-33-39(44)35-37(41)25-21-18-16-14-12-10-8-6-4-2-1-3-5-7-9-11-13-15-17-19-24-28-42(46)45-40-26-22-20-23-27-40/h20,22-23,26-27,29-35H,1-19,21,24-25,28,43-44H2,(H,45,46). The summed E-state index contributed by atoms with van der Waals surface area (Å²) in [5.41, 5.74) is 18.4. The maximum absolute atomic E-state index is 12.0. The molecule has 1 amide bonds. The van der Waals surface area contributed by atoms with Crippen molar-refractivity contribution in [3.63, 3.8) is 0 Å². The lowest BCUT2D eigenvalue weighted by molar-refractivity contribution is -0.116. The SMILES string of the molecule is Nc1ccc(-c2ccc(N)cc2CCCCCCCCCCCCCCCCCCCCCCCC(=O)Nc2ccccc2)cc1. The number of carbonyl (C=O) groups is 1. The van der Waals surface area contributed by atoms with Crippen LogP contribution in [0.3, 0.4) is 0 Å². The van der Waals surface area contributed by atoms with Gasteiger partial charge in [-0.1, -0.05) is 158 Å². The Labute approximate surface area is 281 Å². The van der Waals surface area contributed by atoms with Crippen LogP contribution < -0.4 is 16.8 Å². The van der Waals surface area contributed by atoms with Crippen molar-refractivity contribution in [3.8, 4) is 11.1 Å². The number of anilines is 3. The Hall–Kier alpha value is -3.27. The fraction of sp³-hybridized carbons (Fsp3) is 0.548. The molecule has 0 saturated heterocycles. The highest BCUT2D eigenvalue weighted by molar-refractivity contribution is 5.90. The maximum atomic E-state index is 12.0. The Morgan fingerprint density at radius 3 is 1.41 bits per heavy atom. The van der Waals surface area contributed by atoms with Crippen LogP contribution in [0.2, 0.25) is 0 Å². The average molecular weight is 626 g/mol. The Morgan fingerprint density at radius 2 is 0.913 bits per heavy atom. The van der Waals surface area contributed by atoms with E-state index in [1.54, 1.807) is 0 Å². The van der Waals surface area contributed by atoms with Gasteiger partial charge in [0.15, 0.2) is 0 Å². The number of nitrogens with two attached hydrogens (primary N) is 2. The first-order valence-electron chi connectivity index (χ1n) is 18.7. The second-order valence-corrected chi connectivity index (χ2v) is 13.4. The minimum atomic E-state index is 0.140. The second kappa shape index (κ2) is 24.0. The van der Waals surface area contributed by atoms with E-state index in [1.807, 2.05) is 48.5 Å². The molecule has 0 saturated carbocycles. The number of unbranched alkanes of at least 4 members (excludes halogenated alkanes) is 20. The molecular weight excluding hydrogens is 562 g/mol. The Kier molecular flexibility index (Phi) is 19.4. The van der Waals surface area contributed by atoms with Crippen LogP contribution in [-0.2, 0) is 11.2 Å². The van der Waals surface area contributed by atoms with E-state index in [4.69, 9.17) is 11.5 Å². The monoisotopic (exact) mass is 625 g/mol. The first-order chi connectivity index (χ1) is 22.6. The lowest BCUT2D eigenvalue weighted by Gasteiger charge is -2.11. The van der Waals surface area contributed by atoms with Crippen LogP contribution in [0, 0.1) is 0 Å². The summed E-state index contributed by atoms with van der Waals surface area (Å²) in [4.78, 5) is 12.0. The van der Waals surface area contributed by atoms with Crippen LogP contribution >= 0.6 is 0 Å². The van der Waals surface area contributed by atoms with E-state index in [0.717, 1.165) is 29.9 Å². The molecule has 0 spiro atoms. The van der Waals surface area contributed by atoms with Gasteiger partial charge >= 0.3 is 0 Å². The predicted molar refractivity (Wildman–Crippen MR) is 201 cm³/mol. The summed E-state index contributed by atoms with van der Waals surface area (Å²) < 4.78 is 0. The van der Waals surface area contributed by atoms with Crippen molar-refractivity contribution >= 4 is 23.0 Å². The third-order valence-corrected chi connectivity index (χ3v) is 9.26. The van der Waals surface area contributed by atoms with E-state index in [-0.39, 0.29) is 5.91 Å². The third-order valence-electron chi connectivity index (χ3n) is 9.26. The number of rotatable bonds is 26. The van der Waals surface area contributed by atoms with Crippen LogP contribution in [0.1, 0.15) is 147 Å². The number of carbonyl (C=O) groups excluding carboxylic acids is 1. The first kappa shape index (κ1) is 37.2. The van der Waals surface area contributed by atoms with E-state index in [2.05, 4.69) is 29.6 Å². The van der Waals surface area contributed by atoms with Gasteiger partial charge in [-0.25, -0.2) is 0 Å². The molecule has 3 aromatic rings. The zero-order valence-corrected chi connectivity index (χ0v) is 28.8. The molecule has 3 rings (SSSR count). The molecule has 0 aromatic heterocycles. The van der Waals surface area contributed by atoms with Crippen molar-refractivity contribution < 1.29 is 4.79 Å². The molecule has 0 aliphatic heterocycles. The lowest BCUT2D eigenvalue weighted by Crippen LogP contribution is -2.10. The molecule has 0 radical (unpaired) electrons. The van der Waals surface area contributed by atoms with Gasteiger partial charge in [-0.3, -0.25) is 4.79 Å². The molecule has 0 aliphatic carbocycles. The molecule has 0 fully saturated rings. The zero-order valence-electron chi connectivity index (χ0n) is 28.8. The van der Waals surface area contributed by atoms with E-state index in [1.165, 1.54) is 145 Å². The second-order valence-electron chi connectivity index (χ2n) is 13.4. The molecule has 5 N–H and O–H groups in total.